The molecule has 2 nitrogen and oxygen atoms in total. The van der Waals surface area contributed by atoms with Crippen molar-refractivity contribution in [2.75, 3.05) is 6.61 Å². The first-order valence-corrected chi connectivity index (χ1v) is 6.15. The minimum Gasteiger partial charge on any atom is -0.491 e. The summed E-state index contributed by atoms with van der Waals surface area (Å²) in [5.41, 5.74) is -0.795. The van der Waals surface area contributed by atoms with Crippen LogP contribution in [0, 0.1) is 0 Å². The Labute approximate surface area is 93.5 Å². The van der Waals surface area contributed by atoms with Crippen molar-refractivity contribution in [3.05, 3.63) is 24.3 Å². The maximum Gasteiger partial charge on any atom is 0.119 e. The third-order valence-electron chi connectivity index (χ3n) is 1.52. The zero-order chi connectivity index (χ0) is 10.6. The van der Waals surface area contributed by atoms with E-state index in [4.69, 9.17) is 4.74 Å². The predicted octanol–water partition coefficient (Wildman–Crippen LogP) is 2.77. The Morgan fingerprint density at radius 2 is 1.93 bits per heavy atom. The Hall–Kier alpha value is -0.320. The van der Waals surface area contributed by atoms with Gasteiger partial charge in [-0.25, -0.2) is 0 Å². The molecule has 14 heavy (non-hydrogen) atoms. The van der Waals surface area contributed by atoms with E-state index in [0.717, 1.165) is 10.6 Å². The molecule has 0 aliphatic heterocycles. The summed E-state index contributed by atoms with van der Waals surface area (Å²) in [6, 6.07) is 7.59. The van der Waals surface area contributed by atoms with Gasteiger partial charge in [0.25, 0.3) is 0 Å². The highest BCUT2D eigenvalue weighted by atomic mass is 33.1. The Kier molecular flexibility index (Phi) is 4.16. The van der Waals surface area contributed by atoms with Gasteiger partial charge in [0.15, 0.2) is 0 Å². The molecule has 1 rings (SSSR count). The van der Waals surface area contributed by atoms with Gasteiger partial charge in [-0.05, 0) is 38.1 Å². The Balaban J connectivity index is 2.52. The molecule has 4 heteroatoms. The summed E-state index contributed by atoms with van der Waals surface area (Å²) in [7, 11) is 1.39. The average molecular weight is 230 g/mol. The fourth-order valence-electron chi connectivity index (χ4n) is 0.857. The molecule has 78 valence electrons. The van der Waals surface area contributed by atoms with Crippen molar-refractivity contribution in [3.8, 4) is 5.75 Å². The lowest BCUT2D eigenvalue weighted by atomic mass is 10.2. The first-order valence-electron chi connectivity index (χ1n) is 4.28. The van der Waals surface area contributed by atoms with Gasteiger partial charge in [0.1, 0.15) is 12.4 Å². The van der Waals surface area contributed by atoms with Crippen LogP contribution in [0.3, 0.4) is 0 Å². The summed E-state index contributed by atoms with van der Waals surface area (Å²) in [4.78, 5) is 1.07. The van der Waals surface area contributed by atoms with Crippen LogP contribution in [-0.2, 0) is 0 Å². The number of ether oxygens (including phenoxy) is 1. The highest BCUT2D eigenvalue weighted by Gasteiger charge is 2.12. The first-order chi connectivity index (χ1) is 6.51. The molecule has 0 aliphatic carbocycles. The number of benzene rings is 1. The molecule has 0 bridgehead atoms. The van der Waals surface area contributed by atoms with Gasteiger partial charge in [0.05, 0.1) is 5.60 Å². The largest absolute Gasteiger partial charge is 0.491 e. The van der Waals surface area contributed by atoms with Crippen LogP contribution >= 0.6 is 22.5 Å². The van der Waals surface area contributed by atoms with E-state index in [1.165, 1.54) is 10.8 Å². The number of hydrogen-bond acceptors (Lipinski definition) is 4. The third-order valence-corrected chi connectivity index (χ3v) is 2.64. The van der Waals surface area contributed by atoms with E-state index in [1.807, 2.05) is 24.3 Å². The molecule has 0 saturated heterocycles. The van der Waals surface area contributed by atoms with Crippen molar-refractivity contribution in [1.82, 2.24) is 0 Å². The van der Waals surface area contributed by atoms with Gasteiger partial charge >= 0.3 is 0 Å². The zero-order valence-electron chi connectivity index (χ0n) is 8.23. The maximum atomic E-state index is 9.44. The van der Waals surface area contributed by atoms with Crippen molar-refractivity contribution in [2.45, 2.75) is 24.3 Å². The minimum absolute atomic E-state index is 0.292. The molecule has 1 aromatic rings. The van der Waals surface area contributed by atoms with Gasteiger partial charge in [-0.2, -0.15) is 0 Å². The molecule has 0 aromatic heterocycles. The molecule has 0 spiro atoms. The highest BCUT2D eigenvalue weighted by molar-refractivity contribution is 8.68. The first kappa shape index (κ1) is 11.8. The Morgan fingerprint density at radius 1 is 1.36 bits per heavy atom. The topological polar surface area (TPSA) is 29.5 Å². The second-order valence-electron chi connectivity index (χ2n) is 3.66. The maximum absolute atomic E-state index is 9.44. The van der Waals surface area contributed by atoms with Gasteiger partial charge < -0.3 is 9.84 Å². The van der Waals surface area contributed by atoms with Crippen LogP contribution in [0.4, 0.5) is 0 Å². The lowest BCUT2D eigenvalue weighted by Crippen LogP contribution is -2.27. The van der Waals surface area contributed by atoms with Crippen molar-refractivity contribution in [2.24, 2.45) is 0 Å². The Bertz CT molecular complexity index is 277. The summed E-state index contributed by atoms with van der Waals surface area (Å²) in [5, 5.41) is 9.44. The highest BCUT2D eigenvalue weighted by Crippen LogP contribution is 2.23. The van der Waals surface area contributed by atoms with Gasteiger partial charge in [0.2, 0.25) is 0 Å². The monoisotopic (exact) mass is 230 g/mol. The lowest BCUT2D eigenvalue weighted by molar-refractivity contribution is 0.0285. The van der Waals surface area contributed by atoms with Crippen LogP contribution < -0.4 is 4.74 Å². The number of rotatable bonds is 4. The number of thiol groups is 1. The van der Waals surface area contributed by atoms with E-state index in [9.17, 15) is 5.11 Å². The van der Waals surface area contributed by atoms with Crippen molar-refractivity contribution >= 4 is 22.5 Å². The quantitative estimate of drug-likeness (QED) is 0.615. The standard InChI is InChI=1S/C10H14O2S2/c1-10(2,11)7-12-8-3-5-9(14-13)6-4-8/h3-6,11,13H,7H2,1-2H3. The summed E-state index contributed by atoms with van der Waals surface area (Å²) >= 11 is 4.08. The molecule has 0 amide bonds. The smallest absolute Gasteiger partial charge is 0.119 e. The van der Waals surface area contributed by atoms with Crippen LogP contribution in [0.5, 0.6) is 5.75 Å². The van der Waals surface area contributed by atoms with Gasteiger partial charge in [-0.3, -0.25) is 0 Å². The van der Waals surface area contributed by atoms with E-state index in [-0.39, 0.29) is 0 Å². The molecule has 1 N–H and O–H groups in total. The molecule has 0 radical (unpaired) electrons. The molecule has 0 fully saturated rings. The SMILES string of the molecule is CC(C)(O)COc1ccc(SS)cc1. The molecule has 0 saturated carbocycles. The van der Waals surface area contributed by atoms with E-state index < -0.39 is 5.60 Å². The van der Waals surface area contributed by atoms with E-state index >= 15 is 0 Å². The molecular formula is C10H14O2S2. The summed E-state index contributed by atoms with van der Waals surface area (Å²) < 4.78 is 5.39. The summed E-state index contributed by atoms with van der Waals surface area (Å²) in [5.74, 6) is 0.762. The fraction of sp³-hybridized carbons (Fsp3) is 0.400. The normalized spacial score (nSPS) is 11.4. The van der Waals surface area contributed by atoms with Crippen LogP contribution in [-0.4, -0.2) is 17.3 Å². The molecule has 0 heterocycles. The molecule has 0 unspecified atom stereocenters. The van der Waals surface area contributed by atoms with E-state index in [1.54, 1.807) is 13.8 Å². The molecule has 0 aliphatic rings. The van der Waals surface area contributed by atoms with Crippen molar-refractivity contribution in [1.29, 1.82) is 0 Å². The van der Waals surface area contributed by atoms with Gasteiger partial charge in [-0.15, -0.1) is 11.7 Å². The third kappa shape index (κ3) is 4.26. The number of hydrogen-bond donors (Lipinski definition) is 2. The van der Waals surface area contributed by atoms with Crippen molar-refractivity contribution in [3.63, 3.8) is 0 Å². The lowest BCUT2D eigenvalue weighted by Gasteiger charge is -2.17. The minimum atomic E-state index is -0.795. The van der Waals surface area contributed by atoms with Crippen LogP contribution in [0.2, 0.25) is 0 Å². The number of aliphatic hydroxyl groups is 1. The van der Waals surface area contributed by atoms with Gasteiger partial charge in [0, 0.05) is 4.90 Å². The van der Waals surface area contributed by atoms with Crippen molar-refractivity contribution < 1.29 is 9.84 Å². The van der Waals surface area contributed by atoms with Crippen LogP contribution in [0.25, 0.3) is 0 Å². The second-order valence-corrected chi connectivity index (χ2v) is 4.87. The summed E-state index contributed by atoms with van der Waals surface area (Å²) in [6.07, 6.45) is 0. The van der Waals surface area contributed by atoms with E-state index in [0.29, 0.717) is 6.61 Å². The fourth-order valence-corrected chi connectivity index (χ4v) is 1.48. The molecular weight excluding hydrogens is 216 g/mol. The predicted molar refractivity (Wildman–Crippen MR) is 63.1 cm³/mol. The Morgan fingerprint density at radius 3 is 2.36 bits per heavy atom. The zero-order valence-corrected chi connectivity index (χ0v) is 9.94. The molecule has 0 atom stereocenters. The van der Waals surface area contributed by atoms with Crippen LogP contribution in [0.15, 0.2) is 29.2 Å². The second kappa shape index (κ2) is 4.96. The average Bonchev–Trinajstić information content (AvgIpc) is 2.14. The van der Waals surface area contributed by atoms with Crippen LogP contribution in [0.1, 0.15) is 13.8 Å². The van der Waals surface area contributed by atoms with Gasteiger partial charge in [-0.1, -0.05) is 10.8 Å². The summed E-state index contributed by atoms with van der Waals surface area (Å²) in [6.45, 7) is 3.72. The van der Waals surface area contributed by atoms with E-state index in [2.05, 4.69) is 11.7 Å². The molecule has 1 aromatic carbocycles.